The lowest BCUT2D eigenvalue weighted by Gasteiger charge is -2.15. The van der Waals surface area contributed by atoms with E-state index in [1.165, 1.54) is 6.08 Å². The van der Waals surface area contributed by atoms with Gasteiger partial charge in [-0.1, -0.05) is 6.08 Å². The topological polar surface area (TPSA) is 80.3 Å². The first-order valence-corrected chi connectivity index (χ1v) is 3.09. The molecule has 0 aromatic heterocycles. The average Bonchev–Trinajstić information content (AvgIpc) is 1.86. The molecule has 0 fully saturated rings. The Kier molecular flexibility index (Phi) is 3.95. The van der Waals surface area contributed by atoms with E-state index in [4.69, 9.17) is 0 Å². The maximum absolute atomic E-state index is 10.2. The molecule has 0 amide bonds. The van der Waals surface area contributed by atoms with E-state index in [0.29, 0.717) is 0 Å². The smallest absolute Gasteiger partial charge is 0.0452 e. The molecule has 0 N–H and O–H groups in total. The zero-order valence-electron chi connectivity index (χ0n) is 5.91. The van der Waals surface area contributed by atoms with Gasteiger partial charge in [0.1, 0.15) is 0 Å². The molecule has 0 aliphatic rings. The predicted octanol–water partition coefficient (Wildman–Crippen LogP) is -1.93. The van der Waals surface area contributed by atoms with Crippen LogP contribution < -0.4 is 10.2 Å². The second-order valence-corrected chi connectivity index (χ2v) is 2.12. The maximum atomic E-state index is 10.2. The predicted molar refractivity (Wildman–Crippen MR) is 32.9 cm³/mol. The average molecular weight is 156 g/mol. The van der Waals surface area contributed by atoms with E-state index in [1.807, 2.05) is 0 Å². The molecule has 0 rings (SSSR count). The first-order chi connectivity index (χ1) is 5.07. The molecular formula is C7H8O4-2. The Morgan fingerprint density at radius 1 is 1.45 bits per heavy atom. The van der Waals surface area contributed by atoms with Gasteiger partial charge in [-0.05, 0) is 12.8 Å². The van der Waals surface area contributed by atoms with Gasteiger partial charge in [0.05, 0.1) is 0 Å². The van der Waals surface area contributed by atoms with Gasteiger partial charge < -0.3 is 19.8 Å². The van der Waals surface area contributed by atoms with Gasteiger partial charge in [-0.25, -0.2) is 0 Å². The van der Waals surface area contributed by atoms with Crippen LogP contribution in [0.25, 0.3) is 0 Å². The van der Waals surface area contributed by atoms with E-state index in [9.17, 15) is 19.8 Å². The summed E-state index contributed by atoms with van der Waals surface area (Å²) in [6.45, 7) is 3.29. The Morgan fingerprint density at radius 3 is 2.27 bits per heavy atom. The third kappa shape index (κ3) is 4.13. The van der Waals surface area contributed by atoms with Crippen molar-refractivity contribution in [1.82, 2.24) is 0 Å². The molecule has 0 bridgehead atoms. The van der Waals surface area contributed by atoms with Crippen molar-refractivity contribution in [2.45, 2.75) is 12.8 Å². The maximum Gasteiger partial charge on any atom is 0.0452 e. The van der Waals surface area contributed by atoms with Gasteiger partial charge >= 0.3 is 0 Å². The number of hydrogen-bond acceptors (Lipinski definition) is 4. The molecule has 4 heteroatoms. The quantitative estimate of drug-likeness (QED) is 0.434. The van der Waals surface area contributed by atoms with Gasteiger partial charge in [-0.15, -0.1) is 6.58 Å². The number of carbonyl (C=O) groups excluding carboxylic acids is 2. The number of allylic oxidation sites excluding steroid dienone is 1. The van der Waals surface area contributed by atoms with Crippen LogP contribution >= 0.6 is 0 Å². The van der Waals surface area contributed by atoms with Gasteiger partial charge in [0.2, 0.25) is 0 Å². The third-order valence-corrected chi connectivity index (χ3v) is 1.20. The van der Waals surface area contributed by atoms with Crippen LogP contribution in [-0.4, -0.2) is 11.9 Å². The summed E-state index contributed by atoms with van der Waals surface area (Å²) in [6, 6.07) is 0. The molecule has 0 radical (unpaired) electrons. The van der Waals surface area contributed by atoms with Crippen molar-refractivity contribution in [2.75, 3.05) is 0 Å². The minimum Gasteiger partial charge on any atom is -0.550 e. The molecule has 11 heavy (non-hydrogen) atoms. The lowest BCUT2D eigenvalue weighted by molar-refractivity contribution is -0.320. The fraction of sp³-hybridized carbons (Fsp3) is 0.429. The van der Waals surface area contributed by atoms with Gasteiger partial charge in [0.15, 0.2) is 0 Å². The van der Waals surface area contributed by atoms with Crippen LogP contribution in [0.1, 0.15) is 12.8 Å². The zero-order valence-corrected chi connectivity index (χ0v) is 5.91. The summed E-state index contributed by atoms with van der Waals surface area (Å²) >= 11 is 0. The number of carbonyl (C=O) groups is 2. The highest BCUT2D eigenvalue weighted by Crippen LogP contribution is 2.06. The first kappa shape index (κ1) is 9.68. The molecule has 1 atom stereocenters. The van der Waals surface area contributed by atoms with Gasteiger partial charge in [0, 0.05) is 17.9 Å². The van der Waals surface area contributed by atoms with Gasteiger partial charge in [0.25, 0.3) is 0 Å². The van der Waals surface area contributed by atoms with Crippen LogP contribution in [0.4, 0.5) is 0 Å². The number of carboxylic acid groups (broad SMARTS) is 2. The molecule has 0 saturated carbocycles. The Hall–Kier alpha value is -1.32. The van der Waals surface area contributed by atoms with Crippen LogP contribution in [0.3, 0.4) is 0 Å². The summed E-state index contributed by atoms with van der Waals surface area (Å²) in [7, 11) is 0. The molecule has 0 aliphatic heterocycles. The fourth-order valence-corrected chi connectivity index (χ4v) is 0.665. The third-order valence-electron chi connectivity index (χ3n) is 1.20. The van der Waals surface area contributed by atoms with Crippen molar-refractivity contribution >= 4 is 11.9 Å². The largest absolute Gasteiger partial charge is 0.550 e. The van der Waals surface area contributed by atoms with E-state index in [2.05, 4.69) is 6.58 Å². The van der Waals surface area contributed by atoms with E-state index < -0.39 is 24.3 Å². The molecule has 4 nitrogen and oxygen atoms in total. The normalized spacial score (nSPS) is 12.0. The number of hydrogen-bond donors (Lipinski definition) is 0. The van der Waals surface area contributed by atoms with Crippen molar-refractivity contribution in [3.8, 4) is 0 Å². The van der Waals surface area contributed by atoms with E-state index in [0.717, 1.165) is 0 Å². The zero-order chi connectivity index (χ0) is 8.85. The van der Waals surface area contributed by atoms with Crippen molar-refractivity contribution in [3.63, 3.8) is 0 Å². The molecular weight excluding hydrogens is 148 g/mol. The van der Waals surface area contributed by atoms with E-state index in [1.54, 1.807) is 0 Å². The molecule has 1 unspecified atom stereocenters. The van der Waals surface area contributed by atoms with Crippen molar-refractivity contribution in [1.29, 1.82) is 0 Å². The van der Waals surface area contributed by atoms with E-state index in [-0.39, 0.29) is 6.42 Å². The summed E-state index contributed by atoms with van der Waals surface area (Å²) < 4.78 is 0. The van der Waals surface area contributed by atoms with Crippen molar-refractivity contribution in [3.05, 3.63) is 12.7 Å². The summed E-state index contributed by atoms with van der Waals surface area (Å²) in [6.07, 6.45) is 0.911. The number of rotatable bonds is 5. The van der Waals surface area contributed by atoms with Gasteiger partial charge in [-0.3, -0.25) is 0 Å². The lowest BCUT2D eigenvalue weighted by atomic mass is 10.0. The van der Waals surface area contributed by atoms with Crippen LogP contribution in [-0.2, 0) is 9.59 Å². The van der Waals surface area contributed by atoms with Crippen molar-refractivity contribution < 1.29 is 19.8 Å². The summed E-state index contributed by atoms with van der Waals surface area (Å²) in [5, 5.41) is 20.1. The van der Waals surface area contributed by atoms with Crippen LogP contribution in [0.2, 0.25) is 0 Å². The highest BCUT2D eigenvalue weighted by atomic mass is 16.4. The van der Waals surface area contributed by atoms with E-state index >= 15 is 0 Å². The molecule has 0 spiro atoms. The number of aliphatic carboxylic acids is 2. The Labute approximate surface area is 64.2 Å². The van der Waals surface area contributed by atoms with Crippen molar-refractivity contribution in [2.24, 2.45) is 5.92 Å². The van der Waals surface area contributed by atoms with Crippen LogP contribution in [0.5, 0.6) is 0 Å². The summed E-state index contributed by atoms with van der Waals surface area (Å²) in [5.41, 5.74) is 0. The Balaban J connectivity index is 3.99. The number of carboxylic acids is 2. The highest BCUT2D eigenvalue weighted by molar-refractivity contribution is 5.75. The van der Waals surface area contributed by atoms with Crippen LogP contribution in [0.15, 0.2) is 12.7 Å². The minimum absolute atomic E-state index is 0.0936. The summed E-state index contributed by atoms with van der Waals surface area (Å²) in [4.78, 5) is 20.1. The molecule has 0 aromatic carbocycles. The molecule has 0 heterocycles. The molecule has 0 saturated heterocycles. The highest BCUT2D eigenvalue weighted by Gasteiger charge is 2.07. The standard InChI is InChI=1S/C7H10O4/c1-2-3-5(7(10)11)4-6(8)9/h2,5H,1,3-4H2,(H,8,9)(H,10,11)/p-2. The molecule has 0 aliphatic carbocycles. The monoisotopic (exact) mass is 156 g/mol. The summed E-state index contributed by atoms with van der Waals surface area (Å²) in [5.74, 6) is -3.78. The molecule has 62 valence electrons. The first-order valence-electron chi connectivity index (χ1n) is 3.09. The minimum atomic E-state index is -1.39. The Morgan fingerprint density at radius 2 is 2.00 bits per heavy atom. The van der Waals surface area contributed by atoms with Crippen LogP contribution in [0, 0.1) is 5.92 Å². The Bertz CT molecular complexity index is 173. The fourth-order valence-electron chi connectivity index (χ4n) is 0.665. The SMILES string of the molecule is C=CCC(CC(=O)[O-])C(=O)[O-]. The second-order valence-electron chi connectivity index (χ2n) is 2.12. The molecule has 0 aromatic rings. The second kappa shape index (κ2) is 4.49. The van der Waals surface area contributed by atoms with Gasteiger partial charge in [-0.2, -0.15) is 0 Å². The lowest BCUT2D eigenvalue weighted by Crippen LogP contribution is -2.35.